The van der Waals surface area contributed by atoms with E-state index in [1.165, 1.54) is 6.33 Å². The Hall–Kier alpha value is 0.276. The first-order chi connectivity index (χ1) is 5.20. The van der Waals surface area contributed by atoms with Gasteiger partial charge in [0.1, 0.15) is 6.04 Å². The third-order valence-corrected chi connectivity index (χ3v) is 1.31. The van der Waals surface area contributed by atoms with Gasteiger partial charge in [0.15, 0.2) is 0 Å². The number of carboxylic acid groups (broad SMARTS) is 1. The van der Waals surface area contributed by atoms with Crippen LogP contribution in [0.1, 0.15) is 7.12 Å². The molecule has 1 heterocycles. The van der Waals surface area contributed by atoms with Gasteiger partial charge in [0.25, 0.3) is 0 Å². The van der Waals surface area contributed by atoms with E-state index in [0.29, 0.717) is 0 Å². The summed E-state index contributed by atoms with van der Waals surface area (Å²) in [6.07, 6.45) is 3.34. The van der Waals surface area contributed by atoms with Crippen LogP contribution in [0, 0.1) is 0 Å². The van der Waals surface area contributed by atoms with Crippen molar-refractivity contribution in [2.75, 3.05) is 0 Å². The fourth-order valence-electron chi connectivity index (χ4n) is 0.721. The van der Waals surface area contributed by atoms with E-state index >= 15 is 0 Å². The summed E-state index contributed by atoms with van der Waals surface area (Å²) in [5.74, 6) is -1.00. The van der Waals surface area contributed by atoms with Crippen LogP contribution in [0.4, 0.5) is 0 Å². The van der Waals surface area contributed by atoms with Gasteiger partial charge < -0.3 is 17.3 Å². The van der Waals surface area contributed by atoms with Gasteiger partial charge in [-0.15, -0.1) is 0 Å². The SMILES string of the molecule is N[C@@H](Cc1cnc[nH]1)C(=O)O.[H-].[K+]. The number of nitrogens with one attached hydrogen (secondary N) is 1. The maximum atomic E-state index is 10.3. The molecule has 0 saturated carbocycles. The van der Waals surface area contributed by atoms with Gasteiger partial charge in [-0.2, -0.15) is 0 Å². The molecule has 1 aromatic heterocycles. The first-order valence-electron chi connectivity index (χ1n) is 3.16. The minimum Gasteiger partial charge on any atom is -1.00 e. The zero-order valence-electron chi connectivity index (χ0n) is 7.82. The smallest absolute Gasteiger partial charge is 1.00 e. The number of carbonyl (C=O) groups is 1. The second-order valence-corrected chi connectivity index (χ2v) is 2.23. The molecule has 0 unspecified atom stereocenters. The molecule has 0 radical (unpaired) electrons. The summed E-state index contributed by atoms with van der Waals surface area (Å²) >= 11 is 0. The van der Waals surface area contributed by atoms with Crippen molar-refractivity contribution < 1.29 is 62.7 Å². The normalized spacial score (nSPS) is 11.8. The molecule has 12 heavy (non-hydrogen) atoms. The Kier molecular flexibility index (Phi) is 5.98. The fraction of sp³-hybridized carbons (Fsp3) is 0.333. The van der Waals surface area contributed by atoms with E-state index in [1.807, 2.05) is 0 Å². The van der Waals surface area contributed by atoms with E-state index in [1.54, 1.807) is 6.20 Å². The largest absolute Gasteiger partial charge is 1.00 e. The molecule has 1 atom stereocenters. The topological polar surface area (TPSA) is 92.0 Å². The van der Waals surface area contributed by atoms with Crippen molar-refractivity contribution in [3.63, 3.8) is 0 Å². The number of aromatic nitrogens is 2. The molecule has 0 spiro atoms. The molecule has 0 bridgehead atoms. The third-order valence-electron chi connectivity index (χ3n) is 1.31. The van der Waals surface area contributed by atoms with Crippen molar-refractivity contribution in [2.24, 2.45) is 5.73 Å². The first-order valence-corrected chi connectivity index (χ1v) is 3.16. The Morgan fingerprint density at radius 2 is 2.58 bits per heavy atom. The number of carboxylic acids is 1. The van der Waals surface area contributed by atoms with Crippen LogP contribution >= 0.6 is 0 Å². The van der Waals surface area contributed by atoms with Gasteiger partial charge in [0, 0.05) is 18.3 Å². The molecule has 0 saturated heterocycles. The molecule has 0 fully saturated rings. The van der Waals surface area contributed by atoms with Crippen molar-refractivity contribution in [1.29, 1.82) is 0 Å². The number of hydrogen-bond donors (Lipinski definition) is 3. The maximum absolute atomic E-state index is 10.3. The fourth-order valence-corrected chi connectivity index (χ4v) is 0.721. The number of nitrogens with two attached hydrogens (primary N) is 1. The standard InChI is InChI=1S/C6H9N3O2.K.H/c7-5(6(10)11)1-4-2-8-3-9-4;;/h2-3,5H,1,7H2,(H,8,9)(H,10,11);;/q;+1;-1/t5-;;/m0../s1. The van der Waals surface area contributed by atoms with Gasteiger partial charge in [-0.05, 0) is 0 Å². The molecule has 62 valence electrons. The number of hydrogen-bond acceptors (Lipinski definition) is 3. The Bertz CT molecular complexity index is 242. The molecule has 0 aromatic carbocycles. The van der Waals surface area contributed by atoms with Crippen molar-refractivity contribution in [3.05, 3.63) is 18.2 Å². The summed E-state index contributed by atoms with van der Waals surface area (Å²) in [6, 6.07) is -0.851. The quantitative estimate of drug-likeness (QED) is 0.436. The summed E-state index contributed by atoms with van der Waals surface area (Å²) in [6.45, 7) is 0. The summed E-state index contributed by atoms with van der Waals surface area (Å²) in [4.78, 5) is 16.8. The van der Waals surface area contributed by atoms with Crippen LogP contribution in [0.15, 0.2) is 12.5 Å². The number of imidazole rings is 1. The molecule has 1 rings (SSSR count). The molecule has 5 nitrogen and oxygen atoms in total. The number of nitrogens with zero attached hydrogens (tertiary/aromatic N) is 1. The van der Waals surface area contributed by atoms with E-state index in [2.05, 4.69) is 9.97 Å². The van der Waals surface area contributed by atoms with Crippen LogP contribution in [-0.2, 0) is 11.2 Å². The minimum atomic E-state index is -1.00. The second-order valence-electron chi connectivity index (χ2n) is 2.23. The van der Waals surface area contributed by atoms with E-state index in [0.717, 1.165) is 5.69 Å². The van der Waals surface area contributed by atoms with Gasteiger partial charge in [-0.3, -0.25) is 4.79 Å². The van der Waals surface area contributed by atoms with Gasteiger partial charge in [0.05, 0.1) is 6.33 Å². The van der Waals surface area contributed by atoms with Crippen molar-refractivity contribution in [1.82, 2.24) is 9.97 Å². The van der Waals surface area contributed by atoms with Gasteiger partial charge in [0.2, 0.25) is 0 Å². The number of aliphatic carboxylic acids is 1. The molecule has 0 aliphatic carbocycles. The molecule has 6 heteroatoms. The average Bonchev–Trinajstić information content (AvgIpc) is 2.39. The zero-order chi connectivity index (χ0) is 8.27. The Morgan fingerprint density at radius 1 is 1.92 bits per heavy atom. The number of H-pyrrole nitrogens is 1. The second kappa shape index (κ2) is 5.84. The molecular formula is C6H10KN3O2. The van der Waals surface area contributed by atoms with E-state index in [-0.39, 0.29) is 59.2 Å². The van der Waals surface area contributed by atoms with Crippen LogP contribution < -0.4 is 57.1 Å². The molecule has 0 aliphatic heterocycles. The molecular weight excluding hydrogens is 185 g/mol. The first kappa shape index (κ1) is 12.3. The molecule has 1 aromatic rings. The summed E-state index contributed by atoms with van der Waals surface area (Å²) in [7, 11) is 0. The van der Waals surface area contributed by atoms with E-state index in [9.17, 15) is 4.79 Å². The van der Waals surface area contributed by atoms with Crippen LogP contribution in [-0.4, -0.2) is 27.1 Å². The monoisotopic (exact) mass is 195 g/mol. The van der Waals surface area contributed by atoms with Crippen LogP contribution in [0.2, 0.25) is 0 Å². The third kappa shape index (κ3) is 3.79. The van der Waals surface area contributed by atoms with Gasteiger partial charge in [-0.1, -0.05) is 0 Å². The van der Waals surface area contributed by atoms with Crippen LogP contribution in [0.25, 0.3) is 0 Å². The predicted octanol–water partition coefficient (Wildman–Crippen LogP) is -3.52. The van der Waals surface area contributed by atoms with Crippen LogP contribution in [0.5, 0.6) is 0 Å². The minimum absolute atomic E-state index is 0. The maximum Gasteiger partial charge on any atom is 1.00 e. The Labute approximate surface area is 114 Å². The van der Waals surface area contributed by atoms with Crippen LogP contribution in [0.3, 0.4) is 0 Å². The van der Waals surface area contributed by atoms with Gasteiger partial charge >= 0.3 is 57.4 Å². The van der Waals surface area contributed by atoms with E-state index < -0.39 is 12.0 Å². The average molecular weight is 195 g/mol. The van der Waals surface area contributed by atoms with Crippen molar-refractivity contribution in [3.8, 4) is 0 Å². The summed E-state index contributed by atoms with van der Waals surface area (Å²) in [5, 5.41) is 8.42. The molecule has 0 aliphatic rings. The summed E-state index contributed by atoms with van der Waals surface area (Å²) in [5.41, 5.74) is 6.00. The molecule has 4 N–H and O–H groups in total. The summed E-state index contributed by atoms with van der Waals surface area (Å²) < 4.78 is 0. The van der Waals surface area contributed by atoms with E-state index in [4.69, 9.17) is 10.8 Å². The number of aromatic amines is 1. The van der Waals surface area contributed by atoms with Gasteiger partial charge in [-0.25, -0.2) is 4.98 Å². The predicted molar refractivity (Wildman–Crippen MR) is 39.0 cm³/mol. The Balaban J connectivity index is 0. The molecule has 0 amide bonds. The van der Waals surface area contributed by atoms with Crippen molar-refractivity contribution in [2.45, 2.75) is 12.5 Å². The number of rotatable bonds is 3. The Morgan fingerprint density at radius 3 is 3.00 bits per heavy atom. The zero-order valence-corrected chi connectivity index (χ0v) is 9.94. The van der Waals surface area contributed by atoms with Crippen molar-refractivity contribution >= 4 is 5.97 Å².